The zero-order valence-electron chi connectivity index (χ0n) is 18.7. The fourth-order valence-corrected chi connectivity index (χ4v) is 5.84. The summed E-state index contributed by atoms with van der Waals surface area (Å²) in [6.07, 6.45) is 5.48. The largest absolute Gasteiger partial charge is 0.472 e. The lowest BCUT2D eigenvalue weighted by Gasteiger charge is -2.22. The van der Waals surface area contributed by atoms with E-state index in [4.69, 9.17) is 16.3 Å². The number of hydrogen-bond donors (Lipinski definition) is 1. The Morgan fingerprint density at radius 1 is 1.18 bits per heavy atom. The molecule has 0 amide bonds. The number of pyridine rings is 1. The van der Waals surface area contributed by atoms with Crippen molar-refractivity contribution in [2.24, 2.45) is 4.99 Å². The Bertz CT molecular complexity index is 1300. The number of halogens is 1. The van der Waals surface area contributed by atoms with Crippen LogP contribution in [0.25, 0.3) is 11.1 Å². The Morgan fingerprint density at radius 3 is 2.76 bits per heavy atom. The van der Waals surface area contributed by atoms with Gasteiger partial charge in [0.25, 0.3) is 0 Å². The number of nitrogens with zero attached hydrogens (tertiary/aromatic N) is 3. The van der Waals surface area contributed by atoms with Crippen LogP contribution in [0.4, 0.5) is 5.69 Å². The molecule has 8 nitrogen and oxygen atoms in total. The number of ketones is 1. The van der Waals surface area contributed by atoms with Crippen molar-refractivity contribution < 1.29 is 17.9 Å². The topological polar surface area (TPSA) is 101 Å². The average Bonchev–Trinajstić information content (AvgIpc) is 3.57. The summed E-state index contributed by atoms with van der Waals surface area (Å²) in [5.74, 6) is 0.343. The maximum Gasteiger partial charge on any atom is 0.235 e. The quantitative estimate of drug-likeness (QED) is 0.624. The highest BCUT2D eigenvalue weighted by Gasteiger charge is 2.35. The van der Waals surface area contributed by atoms with Crippen molar-refractivity contribution in [2.45, 2.75) is 37.5 Å². The van der Waals surface area contributed by atoms with Gasteiger partial charge in [0, 0.05) is 37.1 Å². The molecular weight excluding hydrogens is 476 g/mol. The predicted octanol–water partition coefficient (Wildman–Crippen LogP) is 3.52. The van der Waals surface area contributed by atoms with E-state index in [0.29, 0.717) is 30.4 Å². The number of aromatic nitrogens is 1. The van der Waals surface area contributed by atoms with Crippen molar-refractivity contribution in [2.75, 3.05) is 24.4 Å². The Hall–Kier alpha value is -2.91. The van der Waals surface area contributed by atoms with Crippen molar-refractivity contribution in [3.8, 4) is 17.0 Å². The smallest absolute Gasteiger partial charge is 0.235 e. The first kappa shape index (κ1) is 22.9. The van der Waals surface area contributed by atoms with E-state index in [1.165, 1.54) is 0 Å². The van der Waals surface area contributed by atoms with Crippen LogP contribution in [0.2, 0.25) is 0 Å². The van der Waals surface area contributed by atoms with Crippen LogP contribution in [0.5, 0.6) is 5.88 Å². The molecule has 178 valence electrons. The lowest BCUT2D eigenvalue weighted by Crippen LogP contribution is -2.28. The van der Waals surface area contributed by atoms with E-state index in [9.17, 15) is 13.2 Å². The minimum Gasteiger partial charge on any atom is -0.472 e. The number of sulfonamides is 1. The van der Waals surface area contributed by atoms with E-state index in [0.717, 1.165) is 36.0 Å². The second-order valence-electron chi connectivity index (χ2n) is 8.83. The summed E-state index contributed by atoms with van der Waals surface area (Å²) in [5.41, 5.74) is 4.08. The number of aryl methyl sites for hydroxylation is 1. The molecule has 1 atom stereocenters. The minimum atomic E-state index is -3.30. The monoisotopic (exact) mass is 500 g/mol. The van der Waals surface area contributed by atoms with E-state index < -0.39 is 10.0 Å². The van der Waals surface area contributed by atoms with Crippen LogP contribution in [0.15, 0.2) is 52.3 Å². The Balaban J connectivity index is 1.27. The van der Waals surface area contributed by atoms with Crippen molar-refractivity contribution in [3.05, 3.63) is 52.8 Å². The summed E-state index contributed by atoms with van der Waals surface area (Å²) in [6, 6.07) is 9.32. The highest BCUT2D eigenvalue weighted by atomic mass is 35.5. The molecule has 3 heterocycles. The molecule has 0 bridgehead atoms. The van der Waals surface area contributed by atoms with Gasteiger partial charge >= 0.3 is 0 Å². The first-order chi connectivity index (χ1) is 16.3. The van der Waals surface area contributed by atoms with Gasteiger partial charge in [0.15, 0.2) is 5.78 Å². The number of likely N-dealkylation sites (tertiary alicyclic amines) is 1. The van der Waals surface area contributed by atoms with Gasteiger partial charge in [-0.15, -0.1) is 0 Å². The number of ether oxygens (including phenoxy) is 1. The number of carbonyl (C=O) groups is 1. The first-order valence-electron chi connectivity index (χ1n) is 11.2. The maximum atomic E-state index is 12.2. The van der Waals surface area contributed by atoms with E-state index in [1.807, 2.05) is 36.1 Å². The lowest BCUT2D eigenvalue weighted by molar-refractivity contribution is -0.113. The number of rotatable bonds is 7. The maximum absolute atomic E-state index is 12.2. The number of allylic oxidation sites excluding steroid dienone is 1. The molecule has 1 aromatic carbocycles. The van der Waals surface area contributed by atoms with E-state index in [-0.39, 0.29) is 28.7 Å². The molecule has 5 rings (SSSR count). The number of aliphatic imine (C=N–C) groups is 1. The van der Waals surface area contributed by atoms with Crippen LogP contribution in [0, 0.1) is 6.92 Å². The molecule has 1 aromatic heterocycles. The first-order valence-corrected chi connectivity index (χ1v) is 13.2. The van der Waals surface area contributed by atoms with Gasteiger partial charge in [0.05, 0.1) is 17.5 Å². The summed E-state index contributed by atoms with van der Waals surface area (Å²) >= 11 is 6.20. The number of benzene rings is 1. The van der Waals surface area contributed by atoms with E-state index >= 15 is 0 Å². The average molecular weight is 501 g/mol. The van der Waals surface area contributed by atoms with Gasteiger partial charge in [-0.05, 0) is 54.7 Å². The molecule has 3 aliphatic rings. The van der Waals surface area contributed by atoms with Crippen LogP contribution < -0.4 is 9.46 Å². The normalized spacial score (nSPS) is 20.7. The zero-order chi connectivity index (χ0) is 23.9. The number of nitrogens with one attached hydrogen (secondary N) is 1. The summed E-state index contributed by atoms with van der Waals surface area (Å²) < 4.78 is 33.3. The van der Waals surface area contributed by atoms with Crippen LogP contribution in [-0.2, 0) is 14.8 Å². The van der Waals surface area contributed by atoms with Crippen LogP contribution in [0.1, 0.15) is 24.8 Å². The van der Waals surface area contributed by atoms with Gasteiger partial charge < -0.3 is 9.64 Å². The van der Waals surface area contributed by atoms with Crippen molar-refractivity contribution in [3.63, 3.8) is 0 Å². The second-order valence-corrected chi connectivity index (χ2v) is 11.2. The number of carbonyl (C=O) groups excluding carboxylic acids is 1. The Morgan fingerprint density at radius 2 is 2.00 bits per heavy atom. The molecule has 2 fully saturated rings. The standard InChI is InChI=1S/C24H25ClN4O4S/c1-15-10-17(28-34(31,32)19-3-4-19)2-5-20(15)16-6-8-27-23(11-16)33-18-7-9-29(14-18)21-12-26-13-22(30)24(21)25/h2,5-6,8,10-12,18-19,28H,3-4,7,9,13-14H2,1H3/t18-/m1/s1. The summed E-state index contributed by atoms with van der Waals surface area (Å²) in [4.78, 5) is 22.3. The van der Waals surface area contributed by atoms with Gasteiger partial charge in [-0.2, -0.15) is 0 Å². The Kier molecular flexibility index (Phi) is 6.07. The molecule has 1 aliphatic carbocycles. The highest BCUT2D eigenvalue weighted by Crippen LogP contribution is 2.32. The fourth-order valence-electron chi connectivity index (χ4n) is 4.24. The van der Waals surface area contributed by atoms with Crippen LogP contribution >= 0.6 is 11.6 Å². The third-order valence-corrected chi connectivity index (χ3v) is 8.46. The van der Waals surface area contributed by atoms with Crippen molar-refractivity contribution in [1.82, 2.24) is 9.88 Å². The second kappa shape index (κ2) is 9.03. The van der Waals surface area contributed by atoms with Gasteiger partial charge in [-0.3, -0.25) is 14.5 Å². The highest BCUT2D eigenvalue weighted by molar-refractivity contribution is 7.93. The number of dihydropyridines is 1. The van der Waals surface area contributed by atoms with E-state index in [2.05, 4.69) is 14.7 Å². The van der Waals surface area contributed by atoms with Crippen molar-refractivity contribution >= 4 is 39.3 Å². The third kappa shape index (κ3) is 4.81. The predicted molar refractivity (Wildman–Crippen MR) is 132 cm³/mol. The molecule has 0 spiro atoms. The molecule has 0 radical (unpaired) electrons. The molecule has 2 aromatic rings. The zero-order valence-corrected chi connectivity index (χ0v) is 20.3. The molecule has 0 unspecified atom stereocenters. The molecule has 34 heavy (non-hydrogen) atoms. The summed E-state index contributed by atoms with van der Waals surface area (Å²) in [5, 5.41) is -0.0359. The molecule has 10 heteroatoms. The SMILES string of the molecule is Cc1cc(NS(=O)(=O)C2CC2)ccc1-c1ccnc(O[C@@H]2CCN(C3=C(Cl)C(=O)CN=C3)C2)c1. The molecule has 1 saturated heterocycles. The summed E-state index contributed by atoms with van der Waals surface area (Å²) in [7, 11) is -3.30. The molecule has 2 aliphatic heterocycles. The van der Waals surface area contributed by atoms with Gasteiger partial charge in [-0.1, -0.05) is 17.7 Å². The minimum absolute atomic E-state index is 0.0922. The van der Waals surface area contributed by atoms with E-state index in [1.54, 1.807) is 18.5 Å². The number of anilines is 1. The molecule has 1 saturated carbocycles. The number of hydrogen-bond acceptors (Lipinski definition) is 7. The molecule has 1 N–H and O–H groups in total. The Labute approximate surface area is 203 Å². The fraction of sp³-hybridized carbons (Fsp3) is 0.375. The molecular formula is C24H25ClN4O4S. The third-order valence-electron chi connectivity index (χ3n) is 6.19. The van der Waals surface area contributed by atoms with Gasteiger partial charge in [0.2, 0.25) is 15.9 Å². The van der Waals surface area contributed by atoms with Crippen LogP contribution in [-0.4, -0.2) is 61.3 Å². The van der Waals surface area contributed by atoms with Crippen molar-refractivity contribution in [1.29, 1.82) is 0 Å². The van der Waals surface area contributed by atoms with Gasteiger partial charge in [0.1, 0.15) is 17.7 Å². The lowest BCUT2D eigenvalue weighted by atomic mass is 10.0. The summed E-state index contributed by atoms with van der Waals surface area (Å²) in [6.45, 7) is 3.35. The van der Waals surface area contributed by atoms with Crippen LogP contribution in [0.3, 0.4) is 0 Å². The number of Topliss-reactive ketones (excluding diaryl/α,β-unsaturated/α-hetero) is 1. The van der Waals surface area contributed by atoms with Gasteiger partial charge in [-0.25, -0.2) is 13.4 Å².